The van der Waals surface area contributed by atoms with Crippen molar-refractivity contribution in [3.05, 3.63) is 34.4 Å². The third kappa shape index (κ3) is 3.49. The van der Waals surface area contributed by atoms with Crippen LogP contribution in [0.2, 0.25) is 0 Å². The minimum Gasteiger partial charge on any atom is -0.458 e. The SMILES string of the molecule is CCCC(=O)O[C@@]12C[C@@H](C)[C@]34C=C(C)[C@H](OC(=O)C(C)=C(C)C)[C@@]3(O)[C@H](O)C(CO)=C[C@H](C4=O)[C@@H]1C2(C)C. The second-order valence-corrected chi connectivity index (χ2v) is 12.6. The molecule has 0 heterocycles. The van der Waals surface area contributed by atoms with Crippen LogP contribution in [0.1, 0.15) is 74.7 Å². The molecule has 0 saturated heterocycles. The molecule has 0 aromatic rings. The number of carbonyl (C=O) groups is 3. The number of hydrogen-bond donors (Lipinski definition) is 3. The van der Waals surface area contributed by atoms with Gasteiger partial charge in [-0.1, -0.05) is 45.4 Å². The Hall–Kier alpha value is -2.29. The average Bonchev–Trinajstić information content (AvgIpc) is 3.23. The van der Waals surface area contributed by atoms with E-state index < -0.39 is 64.6 Å². The van der Waals surface area contributed by atoms with E-state index in [0.29, 0.717) is 17.6 Å². The molecule has 1 spiro atoms. The Balaban J connectivity index is 1.91. The van der Waals surface area contributed by atoms with Crippen molar-refractivity contribution < 1.29 is 39.2 Å². The summed E-state index contributed by atoms with van der Waals surface area (Å²) in [5.41, 5.74) is -3.74. The van der Waals surface area contributed by atoms with Gasteiger partial charge >= 0.3 is 11.9 Å². The molecule has 3 N–H and O–H groups in total. The van der Waals surface area contributed by atoms with Gasteiger partial charge in [-0.15, -0.1) is 0 Å². The van der Waals surface area contributed by atoms with E-state index in [1.807, 2.05) is 27.7 Å². The molecule has 8 atom stereocenters. The van der Waals surface area contributed by atoms with Crippen molar-refractivity contribution in [3.63, 3.8) is 0 Å². The number of aliphatic hydroxyl groups is 3. The van der Waals surface area contributed by atoms with Gasteiger partial charge in [-0.25, -0.2) is 4.79 Å². The Morgan fingerprint density at radius 1 is 1.18 bits per heavy atom. The van der Waals surface area contributed by atoms with Gasteiger partial charge in [0, 0.05) is 29.2 Å². The highest BCUT2D eigenvalue weighted by molar-refractivity contribution is 5.96. The first kappa shape index (κ1) is 28.7. The molecule has 4 aliphatic rings. The smallest absolute Gasteiger partial charge is 0.334 e. The summed E-state index contributed by atoms with van der Waals surface area (Å²) < 4.78 is 12.0. The highest BCUT2D eigenvalue weighted by Crippen LogP contribution is 2.75. The lowest BCUT2D eigenvalue weighted by molar-refractivity contribution is -0.203. The normalized spacial score (nSPS) is 40.5. The number of rotatable bonds is 6. The van der Waals surface area contributed by atoms with E-state index in [1.165, 1.54) is 0 Å². The molecule has 0 unspecified atom stereocenters. The lowest BCUT2D eigenvalue weighted by Crippen LogP contribution is -2.66. The third-order valence-electron chi connectivity index (χ3n) is 10.1. The number of carbonyl (C=O) groups excluding carboxylic acids is 3. The molecule has 38 heavy (non-hydrogen) atoms. The molecule has 4 aliphatic carbocycles. The summed E-state index contributed by atoms with van der Waals surface area (Å²) >= 11 is 0. The fraction of sp³-hybridized carbons (Fsp3) is 0.700. The van der Waals surface area contributed by atoms with Crippen molar-refractivity contribution in [1.29, 1.82) is 0 Å². The lowest BCUT2D eigenvalue weighted by Gasteiger charge is -2.49. The molecule has 8 nitrogen and oxygen atoms in total. The Morgan fingerprint density at radius 2 is 1.82 bits per heavy atom. The first-order chi connectivity index (χ1) is 17.6. The first-order valence-corrected chi connectivity index (χ1v) is 13.6. The van der Waals surface area contributed by atoms with Crippen LogP contribution in [0.25, 0.3) is 0 Å². The predicted octanol–water partition coefficient (Wildman–Crippen LogP) is 3.19. The van der Waals surface area contributed by atoms with Crippen molar-refractivity contribution in [2.24, 2.45) is 28.6 Å². The maximum atomic E-state index is 14.6. The average molecular weight is 531 g/mol. The second-order valence-electron chi connectivity index (χ2n) is 12.6. The summed E-state index contributed by atoms with van der Waals surface area (Å²) in [4.78, 5) is 40.4. The molecule has 0 aromatic heterocycles. The topological polar surface area (TPSA) is 130 Å². The number of Topliss-reactive ketones (excluding diaryl/α,β-unsaturated/α-hetero) is 1. The van der Waals surface area contributed by atoms with E-state index in [0.717, 1.165) is 5.57 Å². The van der Waals surface area contributed by atoms with Gasteiger partial charge < -0.3 is 24.8 Å². The van der Waals surface area contributed by atoms with Crippen LogP contribution in [0.15, 0.2) is 34.4 Å². The summed E-state index contributed by atoms with van der Waals surface area (Å²) in [6, 6.07) is 0. The highest BCUT2D eigenvalue weighted by Gasteiger charge is 2.83. The lowest BCUT2D eigenvalue weighted by atomic mass is 9.59. The Kier molecular flexibility index (Phi) is 6.90. The van der Waals surface area contributed by atoms with Crippen molar-refractivity contribution in [2.45, 2.75) is 98.1 Å². The van der Waals surface area contributed by atoms with Crippen LogP contribution in [-0.2, 0) is 23.9 Å². The fourth-order valence-corrected chi connectivity index (χ4v) is 7.75. The van der Waals surface area contributed by atoms with E-state index in [-0.39, 0.29) is 30.2 Å². The summed E-state index contributed by atoms with van der Waals surface area (Å²) in [6.45, 7) is 13.9. The summed E-state index contributed by atoms with van der Waals surface area (Å²) in [5, 5.41) is 34.5. The monoisotopic (exact) mass is 530 g/mol. The van der Waals surface area contributed by atoms with Gasteiger partial charge in [-0.3, -0.25) is 9.59 Å². The zero-order chi connectivity index (χ0) is 28.6. The highest BCUT2D eigenvalue weighted by atomic mass is 16.6. The number of ether oxygens (including phenoxy) is 2. The van der Waals surface area contributed by atoms with Gasteiger partial charge in [0.1, 0.15) is 11.7 Å². The molecule has 210 valence electrons. The molecule has 2 saturated carbocycles. The molecular weight excluding hydrogens is 488 g/mol. The molecule has 0 radical (unpaired) electrons. The van der Waals surface area contributed by atoms with E-state index in [9.17, 15) is 29.7 Å². The van der Waals surface area contributed by atoms with Crippen molar-refractivity contribution in [3.8, 4) is 0 Å². The molecule has 0 aliphatic heterocycles. The Labute approximate surface area is 224 Å². The van der Waals surface area contributed by atoms with Gasteiger partial charge in [0.25, 0.3) is 0 Å². The van der Waals surface area contributed by atoms with E-state index in [4.69, 9.17) is 9.47 Å². The summed E-state index contributed by atoms with van der Waals surface area (Å²) in [6.07, 6.45) is 1.39. The first-order valence-electron chi connectivity index (χ1n) is 13.6. The molecular formula is C30H42O8. The maximum absolute atomic E-state index is 14.6. The minimum atomic E-state index is -2.26. The predicted molar refractivity (Wildman–Crippen MR) is 140 cm³/mol. The molecule has 2 bridgehead atoms. The van der Waals surface area contributed by atoms with Crippen molar-refractivity contribution >= 4 is 17.7 Å². The van der Waals surface area contributed by atoms with Gasteiger partial charge in [-0.05, 0) is 57.6 Å². The van der Waals surface area contributed by atoms with Crippen molar-refractivity contribution in [1.82, 2.24) is 0 Å². The largest absolute Gasteiger partial charge is 0.458 e. The standard InChI is InChI=1S/C30H42O8/c1-9-10-21(32)38-29-13-17(5)28-12-16(4)25(37-26(35)18(6)15(2)3)30(28,36)23(33)19(14-31)11-20(24(28)34)22(29)27(29,7)8/h11-12,17,20,22-23,25,31,33,36H,9-10,13-14H2,1-8H3/t17-,20+,22-,23-,25+,28+,29+,30+/m1/s1. The van der Waals surface area contributed by atoms with E-state index in [2.05, 4.69) is 0 Å². The number of allylic oxidation sites excluding steroid dienone is 2. The second kappa shape index (κ2) is 9.14. The number of ketones is 1. The van der Waals surface area contributed by atoms with Crippen LogP contribution in [0.3, 0.4) is 0 Å². The minimum absolute atomic E-state index is 0.0846. The van der Waals surface area contributed by atoms with Gasteiger partial charge in [0.2, 0.25) is 0 Å². The fourth-order valence-electron chi connectivity index (χ4n) is 7.75. The maximum Gasteiger partial charge on any atom is 0.334 e. The van der Waals surface area contributed by atoms with Crippen LogP contribution >= 0.6 is 0 Å². The zero-order valence-corrected chi connectivity index (χ0v) is 23.8. The number of hydrogen-bond acceptors (Lipinski definition) is 8. The van der Waals surface area contributed by atoms with E-state index >= 15 is 0 Å². The Morgan fingerprint density at radius 3 is 2.37 bits per heavy atom. The molecule has 0 amide bonds. The summed E-state index contributed by atoms with van der Waals surface area (Å²) in [7, 11) is 0. The number of esters is 2. The van der Waals surface area contributed by atoms with Crippen LogP contribution in [0.5, 0.6) is 0 Å². The van der Waals surface area contributed by atoms with Gasteiger partial charge in [-0.2, -0.15) is 0 Å². The quantitative estimate of drug-likeness (QED) is 0.271. The van der Waals surface area contributed by atoms with E-state index in [1.54, 1.807) is 39.8 Å². The molecule has 2 fully saturated rings. The Bertz CT molecular complexity index is 1160. The van der Waals surface area contributed by atoms with Crippen LogP contribution in [-0.4, -0.2) is 63.1 Å². The number of fused-ring (bicyclic) bond motifs is 3. The van der Waals surface area contributed by atoms with Gasteiger partial charge in [0.15, 0.2) is 17.5 Å². The third-order valence-corrected chi connectivity index (χ3v) is 10.1. The van der Waals surface area contributed by atoms with Crippen LogP contribution < -0.4 is 0 Å². The molecule has 0 aromatic carbocycles. The summed E-state index contributed by atoms with van der Waals surface area (Å²) in [5.74, 6) is -3.13. The van der Waals surface area contributed by atoms with Crippen molar-refractivity contribution in [2.75, 3.05) is 6.61 Å². The van der Waals surface area contributed by atoms with Crippen LogP contribution in [0.4, 0.5) is 0 Å². The number of aliphatic hydroxyl groups excluding tert-OH is 2. The van der Waals surface area contributed by atoms with Crippen LogP contribution in [0, 0.1) is 28.6 Å². The molecule has 4 rings (SSSR count). The zero-order valence-electron chi connectivity index (χ0n) is 23.8. The van der Waals surface area contributed by atoms with Gasteiger partial charge in [0.05, 0.1) is 12.0 Å². The molecule has 8 heteroatoms.